The molecule has 0 aliphatic rings. The Bertz CT molecular complexity index is 424. The van der Waals surface area contributed by atoms with Gasteiger partial charge in [0, 0.05) is 11.6 Å². The summed E-state index contributed by atoms with van der Waals surface area (Å²) in [6, 6.07) is 1.46. The molecule has 1 atom stereocenters. The monoisotopic (exact) mass is 252 g/mol. The first-order valence-electron chi connectivity index (χ1n) is 5.04. The number of nitriles is 1. The molecule has 1 unspecified atom stereocenters. The van der Waals surface area contributed by atoms with E-state index in [0.29, 0.717) is 6.42 Å². The van der Waals surface area contributed by atoms with Crippen LogP contribution in [-0.4, -0.2) is 23.3 Å². The zero-order chi connectivity index (χ0) is 12.7. The van der Waals surface area contributed by atoms with Crippen LogP contribution in [0, 0.1) is 11.3 Å². The second kappa shape index (κ2) is 6.60. The van der Waals surface area contributed by atoms with Gasteiger partial charge >= 0.3 is 11.8 Å². The predicted octanol–water partition coefficient (Wildman–Crippen LogP) is 0.350. The molecule has 0 spiro atoms. The van der Waals surface area contributed by atoms with Crippen LogP contribution < -0.4 is 10.6 Å². The van der Waals surface area contributed by atoms with E-state index >= 15 is 0 Å². The molecule has 6 nitrogen and oxygen atoms in total. The molecule has 0 aromatic carbocycles. The Morgan fingerprint density at radius 3 is 2.88 bits per heavy atom. The number of nitrogens with one attached hydrogen (secondary N) is 2. The lowest BCUT2D eigenvalue weighted by molar-refractivity contribution is -0.139. The number of thiazole rings is 1. The molecule has 1 rings (SSSR count). The Balaban J connectivity index is 2.55. The number of amides is 2. The lowest BCUT2D eigenvalue weighted by Crippen LogP contribution is -2.41. The van der Waals surface area contributed by atoms with Crippen molar-refractivity contribution >= 4 is 23.2 Å². The van der Waals surface area contributed by atoms with Crippen molar-refractivity contribution in [3.05, 3.63) is 16.6 Å². The van der Waals surface area contributed by atoms with Crippen LogP contribution in [0.4, 0.5) is 0 Å². The molecule has 7 heteroatoms. The van der Waals surface area contributed by atoms with Gasteiger partial charge in [0.05, 0.1) is 12.1 Å². The van der Waals surface area contributed by atoms with Crippen molar-refractivity contribution in [3.8, 4) is 6.07 Å². The molecule has 0 fully saturated rings. The third-order valence-electron chi connectivity index (χ3n) is 2.00. The fraction of sp³-hybridized carbons (Fsp3) is 0.400. The fourth-order valence-electron chi connectivity index (χ4n) is 1.17. The van der Waals surface area contributed by atoms with Gasteiger partial charge in [0.1, 0.15) is 11.6 Å². The molecule has 1 heterocycles. The Kier molecular flexibility index (Phi) is 5.10. The second-order valence-corrected chi connectivity index (χ2v) is 4.07. The molecule has 90 valence electrons. The number of nitrogens with zero attached hydrogens (tertiary/aromatic N) is 2. The van der Waals surface area contributed by atoms with Gasteiger partial charge in [-0.1, -0.05) is 6.92 Å². The Morgan fingerprint density at radius 2 is 2.35 bits per heavy atom. The highest BCUT2D eigenvalue weighted by atomic mass is 32.1. The van der Waals surface area contributed by atoms with Crippen molar-refractivity contribution in [1.29, 1.82) is 5.26 Å². The average molecular weight is 252 g/mol. The Hall–Kier alpha value is -1.94. The molecule has 0 radical (unpaired) electrons. The van der Waals surface area contributed by atoms with Crippen LogP contribution >= 0.6 is 11.3 Å². The minimum atomic E-state index is -0.804. The molecule has 2 N–H and O–H groups in total. The van der Waals surface area contributed by atoms with E-state index in [1.165, 1.54) is 11.3 Å². The Labute approximate surface area is 103 Å². The standard InChI is InChI=1S/C10H12N4O2S/c1-2-7(10-13-5-6-17-10)14-9(16)8(15)12-4-3-11/h5-7H,2,4H2,1H3,(H,12,15)(H,14,16). The summed E-state index contributed by atoms with van der Waals surface area (Å²) in [7, 11) is 0. The minimum absolute atomic E-state index is 0.180. The summed E-state index contributed by atoms with van der Waals surface area (Å²) in [5.74, 6) is -1.55. The first kappa shape index (κ1) is 13.1. The van der Waals surface area contributed by atoms with Crippen molar-refractivity contribution in [3.63, 3.8) is 0 Å². The number of rotatable bonds is 4. The molecular weight excluding hydrogens is 240 g/mol. The average Bonchev–Trinajstić information content (AvgIpc) is 2.86. The van der Waals surface area contributed by atoms with Gasteiger partial charge in [0.15, 0.2) is 0 Å². The number of hydrogen-bond donors (Lipinski definition) is 2. The van der Waals surface area contributed by atoms with Gasteiger partial charge in [0.25, 0.3) is 0 Å². The van der Waals surface area contributed by atoms with Crippen molar-refractivity contribution < 1.29 is 9.59 Å². The molecule has 0 saturated carbocycles. The summed E-state index contributed by atoms with van der Waals surface area (Å²) in [6.07, 6.45) is 2.29. The van der Waals surface area contributed by atoms with E-state index in [0.717, 1.165) is 5.01 Å². The fourth-order valence-corrected chi connectivity index (χ4v) is 1.94. The number of carbonyl (C=O) groups is 2. The highest BCUT2D eigenvalue weighted by Gasteiger charge is 2.19. The summed E-state index contributed by atoms with van der Waals surface area (Å²) in [6.45, 7) is 1.71. The Morgan fingerprint density at radius 1 is 1.59 bits per heavy atom. The van der Waals surface area contributed by atoms with Gasteiger partial charge < -0.3 is 10.6 Å². The SMILES string of the molecule is CCC(NC(=O)C(=O)NCC#N)c1nccs1. The number of carbonyl (C=O) groups excluding carboxylic acids is 2. The maximum absolute atomic E-state index is 11.5. The number of aromatic nitrogens is 1. The van der Waals surface area contributed by atoms with Gasteiger partial charge in [-0.3, -0.25) is 9.59 Å². The van der Waals surface area contributed by atoms with E-state index in [4.69, 9.17) is 5.26 Å². The van der Waals surface area contributed by atoms with Crippen molar-refractivity contribution in [2.75, 3.05) is 6.54 Å². The van der Waals surface area contributed by atoms with E-state index in [1.807, 2.05) is 6.92 Å². The van der Waals surface area contributed by atoms with Crippen molar-refractivity contribution in [1.82, 2.24) is 15.6 Å². The highest BCUT2D eigenvalue weighted by molar-refractivity contribution is 7.09. The van der Waals surface area contributed by atoms with Crippen LogP contribution in [0.3, 0.4) is 0 Å². The molecule has 17 heavy (non-hydrogen) atoms. The topological polar surface area (TPSA) is 94.9 Å². The third kappa shape index (κ3) is 3.85. The molecule has 0 bridgehead atoms. The lowest BCUT2D eigenvalue weighted by Gasteiger charge is -2.13. The van der Waals surface area contributed by atoms with Gasteiger partial charge in [0.2, 0.25) is 0 Å². The summed E-state index contributed by atoms with van der Waals surface area (Å²) in [5, 5.41) is 15.6. The van der Waals surface area contributed by atoms with E-state index in [9.17, 15) is 9.59 Å². The largest absolute Gasteiger partial charge is 0.339 e. The van der Waals surface area contributed by atoms with Crippen molar-refractivity contribution in [2.45, 2.75) is 19.4 Å². The zero-order valence-corrected chi connectivity index (χ0v) is 10.1. The minimum Gasteiger partial charge on any atom is -0.339 e. The van der Waals surface area contributed by atoms with Crippen LogP contribution in [0.2, 0.25) is 0 Å². The maximum Gasteiger partial charge on any atom is 0.310 e. The predicted molar refractivity (Wildman–Crippen MR) is 61.9 cm³/mol. The van der Waals surface area contributed by atoms with E-state index in [-0.39, 0.29) is 12.6 Å². The third-order valence-corrected chi connectivity index (χ3v) is 2.89. The van der Waals surface area contributed by atoms with Crippen LogP contribution in [-0.2, 0) is 9.59 Å². The van der Waals surface area contributed by atoms with Gasteiger partial charge in [-0.15, -0.1) is 11.3 Å². The summed E-state index contributed by atoms with van der Waals surface area (Å²) < 4.78 is 0. The smallest absolute Gasteiger partial charge is 0.310 e. The first-order valence-corrected chi connectivity index (χ1v) is 5.92. The van der Waals surface area contributed by atoms with Gasteiger partial charge in [-0.2, -0.15) is 5.26 Å². The van der Waals surface area contributed by atoms with E-state index in [2.05, 4.69) is 15.6 Å². The summed E-state index contributed by atoms with van der Waals surface area (Å²) >= 11 is 1.42. The molecule has 1 aromatic rings. The summed E-state index contributed by atoms with van der Waals surface area (Å²) in [4.78, 5) is 26.8. The summed E-state index contributed by atoms with van der Waals surface area (Å²) in [5.41, 5.74) is 0. The lowest BCUT2D eigenvalue weighted by atomic mass is 10.2. The highest BCUT2D eigenvalue weighted by Crippen LogP contribution is 2.18. The quantitative estimate of drug-likeness (QED) is 0.597. The molecule has 0 aliphatic carbocycles. The molecule has 0 saturated heterocycles. The van der Waals surface area contributed by atoms with Crippen LogP contribution in [0.15, 0.2) is 11.6 Å². The van der Waals surface area contributed by atoms with Crippen LogP contribution in [0.1, 0.15) is 24.4 Å². The number of hydrogen-bond acceptors (Lipinski definition) is 5. The van der Waals surface area contributed by atoms with Crippen LogP contribution in [0.25, 0.3) is 0 Å². The second-order valence-electron chi connectivity index (χ2n) is 3.15. The van der Waals surface area contributed by atoms with Crippen LogP contribution in [0.5, 0.6) is 0 Å². The molecular formula is C10H12N4O2S. The van der Waals surface area contributed by atoms with Crippen molar-refractivity contribution in [2.24, 2.45) is 0 Å². The maximum atomic E-state index is 11.5. The van der Waals surface area contributed by atoms with Gasteiger partial charge in [-0.25, -0.2) is 4.98 Å². The normalized spacial score (nSPS) is 11.3. The van der Waals surface area contributed by atoms with E-state index in [1.54, 1.807) is 17.6 Å². The molecule has 1 aromatic heterocycles. The molecule has 2 amide bonds. The molecule has 0 aliphatic heterocycles. The zero-order valence-electron chi connectivity index (χ0n) is 9.27. The van der Waals surface area contributed by atoms with E-state index < -0.39 is 11.8 Å². The first-order chi connectivity index (χ1) is 8.19. The van der Waals surface area contributed by atoms with Gasteiger partial charge in [-0.05, 0) is 6.42 Å².